The Hall–Kier alpha value is -1.53. The molecular weight excluding hydrogens is 270 g/mol. The minimum absolute atomic E-state index is 0.0267. The number of carbonyl (C=O) groups is 1. The molecule has 2 rings (SSSR count). The van der Waals surface area contributed by atoms with Gasteiger partial charge >= 0.3 is 5.97 Å². The fraction of sp³-hybridized carbons (Fsp3) is 0.167. The van der Waals surface area contributed by atoms with Crippen LogP contribution in [0.1, 0.15) is 0 Å². The number of ether oxygens (including phenoxy) is 1. The highest BCUT2D eigenvalue weighted by Crippen LogP contribution is 2.33. The standard InChI is InChI=1S/C12H11NO3S2/c1-16-10-5-3-2-4-8(10)9-6-17-12(13-9)18-7-11(14)15/h2-6H,7H2,1H3,(H,14,15). The smallest absolute Gasteiger partial charge is 0.313 e. The lowest BCUT2D eigenvalue weighted by Crippen LogP contribution is -1.97. The van der Waals surface area contributed by atoms with Crippen LogP contribution in [-0.4, -0.2) is 28.9 Å². The Morgan fingerprint density at radius 2 is 2.28 bits per heavy atom. The molecule has 94 valence electrons. The van der Waals surface area contributed by atoms with Gasteiger partial charge in [-0.3, -0.25) is 4.79 Å². The number of para-hydroxylation sites is 1. The number of nitrogens with zero attached hydrogens (tertiary/aromatic N) is 1. The SMILES string of the molecule is COc1ccccc1-c1csc(SCC(=O)O)n1. The summed E-state index contributed by atoms with van der Waals surface area (Å²) in [6.07, 6.45) is 0. The van der Waals surface area contributed by atoms with Crippen LogP contribution in [0.25, 0.3) is 11.3 Å². The predicted molar refractivity (Wildman–Crippen MR) is 72.5 cm³/mol. The summed E-state index contributed by atoms with van der Waals surface area (Å²) in [4.78, 5) is 14.9. The zero-order valence-corrected chi connectivity index (χ0v) is 11.3. The maximum atomic E-state index is 10.5. The highest BCUT2D eigenvalue weighted by Gasteiger charge is 2.10. The third-order valence-corrected chi connectivity index (χ3v) is 4.19. The van der Waals surface area contributed by atoms with Crippen LogP contribution in [0.2, 0.25) is 0 Å². The summed E-state index contributed by atoms with van der Waals surface area (Å²) in [7, 11) is 1.62. The third-order valence-electron chi connectivity index (χ3n) is 2.19. The first kappa shape index (κ1) is 12.9. The van der Waals surface area contributed by atoms with Crippen molar-refractivity contribution < 1.29 is 14.6 Å². The molecule has 18 heavy (non-hydrogen) atoms. The minimum Gasteiger partial charge on any atom is -0.496 e. The van der Waals surface area contributed by atoms with Crippen LogP contribution >= 0.6 is 23.1 Å². The average molecular weight is 281 g/mol. The van der Waals surface area contributed by atoms with Crippen LogP contribution in [0.5, 0.6) is 5.75 Å². The van der Waals surface area contributed by atoms with Gasteiger partial charge in [0.2, 0.25) is 0 Å². The molecule has 0 aliphatic rings. The van der Waals surface area contributed by atoms with Gasteiger partial charge in [-0.1, -0.05) is 23.9 Å². The van der Waals surface area contributed by atoms with Gasteiger partial charge in [-0.2, -0.15) is 0 Å². The Morgan fingerprint density at radius 1 is 1.50 bits per heavy atom. The van der Waals surface area contributed by atoms with Gasteiger partial charge in [0.05, 0.1) is 18.6 Å². The van der Waals surface area contributed by atoms with Crippen molar-refractivity contribution in [2.75, 3.05) is 12.9 Å². The van der Waals surface area contributed by atoms with Gasteiger partial charge in [0, 0.05) is 10.9 Å². The molecule has 0 bridgehead atoms. The molecule has 0 saturated heterocycles. The molecule has 2 aromatic rings. The highest BCUT2D eigenvalue weighted by molar-refractivity contribution is 8.01. The Balaban J connectivity index is 2.21. The summed E-state index contributed by atoms with van der Waals surface area (Å²) in [5, 5.41) is 10.5. The second-order valence-corrected chi connectivity index (χ2v) is 5.46. The Kier molecular flexibility index (Phi) is 4.22. The van der Waals surface area contributed by atoms with Crippen LogP contribution in [0, 0.1) is 0 Å². The summed E-state index contributed by atoms with van der Waals surface area (Å²) < 4.78 is 6.02. The molecule has 1 aromatic carbocycles. The molecule has 0 atom stereocenters. The van der Waals surface area contributed by atoms with Crippen LogP contribution in [-0.2, 0) is 4.79 Å². The molecule has 0 aliphatic heterocycles. The van der Waals surface area contributed by atoms with Crippen molar-refractivity contribution in [3.63, 3.8) is 0 Å². The van der Waals surface area contributed by atoms with Gasteiger partial charge in [0.15, 0.2) is 4.34 Å². The number of hydrogen-bond acceptors (Lipinski definition) is 5. The second-order valence-electron chi connectivity index (χ2n) is 3.38. The van der Waals surface area contributed by atoms with Crippen molar-refractivity contribution in [3.05, 3.63) is 29.6 Å². The van der Waals surface area contributed by atoms with Gasteiger partial charge in [-0.05, 0) is 12.1 Å². The molecule has 0 amide bonds. The van der Waals surface area contributed by atoms with Crippen molar-refractivity contribution in [1.82, 2.24) is 4.98 Å². The minimum atomic E-state index is -0.839. The first-order chi connectivity index (χ1) is 8.70. The number of thiazole rings is 1. The van der Waals surface area contributed by atoms with Gasteiger partial charge in [0.25, 0.3) is 0 Å². The van der Waals surface area contributed by atoms with Crippen molar-refractivity contribution in [3.8, 4) is 17.0 Å². The number of rotatable bonds is 5. The molecule has 6 heteroatoms. The number of aliphatic carboxylic acids is 1. The molecular formula is C12H11NO3S2. The molecule has 1 N–H and O–H groups in total. The van der Waals surface area contributed by atoms with E-state index in [2.05, 4.69) is 4.98 Å². The van der Waals surface area contributed by atoms with Crippen LogP contribution < -0.4 is 4.74 Å². The van der Waals surface area contributed by atoms with E-state index in [0.29, 0.717) is 0 Å². The maximum Gasteiger partial charge on any atom is 0.313 e. The van der Waals surface area contributed by atoms with E-state index < -0.39 is 5.97 Å². The predicted octanol–water partition coefficient (Wildman–Crippen LogP) is 3.00. The quantitative estimate of drug-likeness (QED) is 0.854. The van der Waals surface area contributed by atoms with Gasteiger partial charge in [-0.25, -0.2) is 4.98 Å². The van der Waals surface area contributed by atoms with E-state index >= 15 is 0 Å². The third kappa shape index (κ3) is 3.02. The molecule has 0 saturated carbocycles. The molecule has 4 nitrogen and oxygen atoms in total. The van der Waals surface area contributed by atoms with E-state index in [9.17, 15) is 4.79 Å². The molecule has 0 spiro atoms. The van der Waals surface area contributed by atoms with Crippen LogP contribution in [0.4, 0.5) is 0 Å². The summed E-state index contributed by atoms with van der Waals surface area (Å²) in [5.74, 6) is -0.0505. The number of hydrogen-bond donors (Lipinski definition) is 1. The number of carboxylic acids is 1. The zero-order valence-electron chi connectivity index (χ0n) is 9.62. The van der Waals surface area contributed by atoms with Crippen molar-refractivity contribution in [1.29, 1.82) is 0 Å². The molecule has 1 aromatic heterocycles. The average Bonchev–Trinajstić information content (AvgIpc) is 2.85. The first-order valence-corrected chi connectivity index (χ1v) is 7.00. The fourth-order valence-corrected chi connectivity index (χ4v) is 2.97. The topological polar surface area (TPSA) is 59.4 Å². The summed E-state index contributed by atoms with van der Waals surface area (Å²) in [6.45, 7) is 0. The molecule has 0 aliphatic carbocycles. The summed E-state index contributed by atoms with van der Waals surface area (Å²) >= 11 is 2.66. The normalized spacial score (nSPS) is 10.3. The number of aromatic nitrogens is 1. The van der Waals surface area contributed by atoms with E-state index in [1.54, 1.807) is 7.11 Å². The number of carboxylic acid groups (broad SMARTS) is 1. The molecule has 1 heterocycles. The van der Waals surface area contributed by atoms with Crippen LogP contribution in [0.15, 0.2) is 34.0 Å². The number of thioether (sulfide) groups is 1. The van der Waals surface area contributed by atoms with E-state index in [4.69, 9.17) is 9.84 Å². The van der Waals surface area contributed by atoms with Gasteiger partial charge in [0.1, 0.15) is 5.75 Å². The molecule has 0 radical (unpaired) electrons. The van der Waals surface area contributed by atoms with Gasteiger partial charge < -0.3 is 9.84 Å². The molecule has 0 fully saturated rings. The van der Waals surface area contributed by atoms with Crippen molar-refractivity contribution in [2.24, 2.45) is 0 Å². The Labute approximate surface area is 113 Å². The summed E-state index contributed by atoms with van der Waals surface area (Å²) in [5.41, 5.74) is 1.73. The zero-order chi connectivity index (χ0) is 13.0. The Morgan fingerprint density at radius 3 is 3.00 bits per heavy atom. The summed E-state index contributed by atoms with van der Waals surface area (Å²) in [6, 6.07) is 7.62. The van der Waals surface area contributed by atoms with Crippen LogP contribution in [0.3, 0.4) is 0 Å². The van der Waals surface area contributed by atoms with E-state index in [1.807, 2.05) is 29.6 Å². The van der Waals surface area contributed by atoms with Gasteiger partial charge in [-0.15, -0.1) is 11.3 Å². The fourth-order valence-electron chi connectivity index (χ4n) is 1.43. The number of methoxy groups -OCH3 is 1. The lowest BCUT2D eigenvalue weighted by atomic mass is 10.1. The van der Waals surface area contributed by atoms with E-state index in [-0.39, 0.29) is 5.75 Å². The largest absolute Gasteiger partial charge is 0.496 e. The maximum absolute atomic E-state index is 10.5. The lowest BCUT2D eigenvalue weighted by Gasteiger charge is -2.04. The van der Waals surface area contributed by atoms with Crippen molar-refractivity contribution in [2.45, 2.75) is 4.34 Å². The number of benzene rings is 1. The van der Waals surface area contributed by atoms with E-state index in [0.717, 1.165) is 21.3 Å². The Bertz CT molecular complexity index is 554. The monoisotopic (exact) mass is 281 g/mol. The second kappa shape index (κ2) is 5.88. The molecule has 0 unspecified atom stereocenters. The first-order valence-electron chi connectivity index (χ1n) is 5.14. The lowest BCUT2D eigenvalue weighted by molar-refractivity contribution is -0.133. The van der Waals surface area contributed by atoms with E-state index in [1.165, 1.54) is 23.1 Å². The highest BCUT2D eigenvalue weighted by atomic mass is 32.2. The van der Waals surface area contributed by atoms with Crippen molar-refractivity contribution >= 4 is 29.1 Å².